The van der Waals surface area contributed by atoms with Crippen molar-refractivity contribution in [2.75, 3.05) is 14.1 Å². The summed E-state index contributed by atoms with van der Waals surface area (Å²) < 4.78 is 0. The lowest BCUT2D eigenvalue weighted by Crippen LogP contribution is -2.10. The van der Waals surface area contributed by atoms with Gasteiger partial charge in [0.15, 0.2) is 0 Å². The van der Waals surface area contributed by atoms with Gasteiger partial charge in [0.25, 0.3) is 0 Å². The Morgan fingerprint density at radius 3 is 2.22 bits per heavy atom. The molecular formula is C24H21NO2. The van der Waals surface area contributed by atoms with Gasteiger partial charge in [-0.25, -0.2) is 4.79 Å². The molecule has 3 aromatic carbocycles. The van der Waals surface area contributed by atoms with Crippen LogP contribution in [0.15, 0.2) is 72.8 Å². The van der Waals surface area contributed by atoms with E-state index in [9.17, 15) is 9.90 Å². The van der Waals surface area contributed by atoms with E-state index in [0.717, 1.165) is 17.7 Å². The predicted molar refractivity (Wildman–Crippen MR) is 109 cm³/mol. The van der Waals surface area contributed by atoms with Gasteiger partial charge in [-0.2, -0.15) is 0 Å². The molecule has 3 heteroatoms. The number of rotatable bonds is 4. The first-order chi connectivity index (χ1) is 13.0. The average Bonchev–Trinajstić information content (AvgIpc) is 2.67. The number of benzene rings is 3. The van der Waals surface area contributed by atoms with Crippen molar-refractivity contribution < 1.29 is 9.90 Å². The molecule has 0 bridgehead atoms. The molecule has 0 atom stereocenters. The van der Waals surface area contributed by atoms with Crippen LogP contribution >= 0.6 is 0 Å². The molecule has 27 heavy (non-hydrogen) atoms. The van der Waals surface area contributed by atoms with E-state index < -0.39 is 5.97 Å². The Kier molecular flexibility index (Phi) is 5.71. The molecule has 0 aliphatic carbocycles. The van der Waals surface area contributed by atoms with Gasteiger partial charge in [0.2, 0.25) is 0 Å². The third kappa shape index (κ3) is 4.63. The fourth-order valence-electron chi connectivity index (χ4n) is 2.95. The molecule has 3 nitrogen and oxygen atoms in total. The zero-order valence-corrected chi connectivity index (χ0v) is 15.4. The molecule has 0 aromatic heterocycles. The van der Waals surface area contributed by atoms with Gasteiger partial charge in [-0.1, -0.05) is 60.4 Å². The molecule has 0 radical (unpaired) electrons. The highest BCUT2D eigenvalue weighted by Gasteiger charge is 2.15. The SMILES string of the molecule is CN(C)Cc1ccc(-c2c(C#Cc3ccccc3)cccc2C(=O)O)cc1. The Hall–Kier alpha value is -3.35. The topological polar surface area (TPSA) is 40.5 Å². The minimum absolute atomic E-state index is 0.259. The first-order valence-electron chi connectivity index (χ1n) is 8.72. The van der Waals surface area contributed by atoms with Crippen molar-refractivity contribution in [3.8, 4) is 23.0 Å². The summed E-state index contributed by atoms with van der Waals surface area (Å²) in [5, 5.41) is 9.66. The number of hydrogen-bond donors (Lipinski definition) is 1. The molecule has 3 aromatic rings. The highest BCUT2D eigenvalue weighted by Crippen LogP contribution is 2.28. The van der Waals surface area contributed by atoms with Crippen LogP contribution in [-0.2, 0) is 6.54 Å². The molecule has 1 N–H and O–H groups in total. The fraction of sp³-hybridized carbons (Fsp3) is 0.125. The van der Waals surface area contributed by atoms with Crippen molar-refractivity contribution >= 4 is 5.97 Å². The van der Waals surface area contributed by atoms with Gasteiger partial charge >= 0.3 is 5.97 Å². The van der Waals surface area contributed by atoms with E-state index in [4.69, 9.17) is 0 Å². The minimum Gasteiger partial charge on any atom is -0.478 e. The number of carbonyl (C=O) groups is 1. The second-order valence-corrected chi connectivity index (χ2v) is 6.58. The molecule has 0 fully saturated rings. The molecular weight excluding hydrogens is 334 g/mol. The molecule has 0 saturated carbocycles. The maximum Gasteiger partial charge on any atom is 0.336 e. The van der Waals surface area contributed by atoms with Gasteiger partial charge in [0.05, 0.1) is 5.56 Å². The second-order valence-electron chi connectivity index (χ2n) is 6.58. The molecule has 0 heterocycles. The summed E-state index contributed by atoms with van der Waals surface area (Å²) in [6.45, 7) is 0.835. The van der Waals surface area contributed by atoms with E-state index in [-0.39, 0.29) is 5.56 Å². The second kappa shape index (κ2) is 8.35. The quantitative estimate of drug-likeness (QED) is 0.700. The van der Waals surface area contributed by atoms with Crippen molar-refractivity contribution in [1.29, 1.82) is 0 Å². The van der Waals surface area contributed by atoms with Crippen LogP contribution in [0.25, 0.3) is 11.1 Å². The Bertz CT molecular complexity index is 994. The van der Waals surface area contributed by atoms with Crippen LogP contribution in [-0.4, -0.2) is 30.1 Å². The van der Waals surface area contributed by atoms with E-state index in [2.05, 4.69) is 16.7 Å². The van der Waals surface area contributed by atoms with Crippen LogP contribution in [0.1, 0.15) is 27.0 Å². The van der Waals surface area contributed by atoms with E-state index in [1.54, 1.807) is 12.1 Å². The van der Waals surface area contributed by atoms with Gasteiger partial charge < -0.3 is 10.0 Å². The molecule has 0 aliphatic rings. The van der Waals surface area contributed by atoms with Crippen molar-refractivity contribution in [2.24, 2.45) is 0 Å². The third-order valence-corrected chi connectivity index (χ3v) is 4.15. The van der Waals surface area contributed by atoms with Crippen LogP contribution in [0, 0.1) is 11.8 Å². The molecule has 0 amide bonds. The number of carboxylic acids is 1. The fourth-order valence-corrected chi connectivity index (χ4v) is 2.95. The number of aromatic carboxylic acids is 1. The Morgan fingerprint density at radius 1 is 0.889 bits per heavy atom. The van der Waals surface area contributed by atoms with Crippen molar-refractivity contribution in [3.05, 3.63) is 95.1 Å². The molecule has 3 rings (SSSR count). The minimum atomic E-state index is -0.953. The first kappa shape index (κ1) is 18.4. The van der Waals surface area contributed by atoms with E-state index in [0.29, 0.717) is 11.1 Å². The number of nitrogens with zero attached hydrogens (tertiary/aromatic N) is 1. The maximum absolute atomic E-state index is 11.8. The van der Waals surface area contributed by atoms with Gasteiger partial charge in [0.1, 0.15) is 0 Å². The molecule has 0 saturated heterocycles. The van der Waals surface area contributed by atoms with Gasteiger partial charge in [-0.05, 0) is 49.5 Å². The average molecular weight is 355 g/mol. The molecule has 134 valence electrons. The standard InChI is InChI=1S/C24H21NO2/c1-25(2)17-19-12-15-21(16-13-19)23-20(9-6-10-22(23)24(26)27)14-11-18-7-4-3-5-8-18/h3-10,12-13,15-16H,17H2,1-2H3,(H,26,27). The zero-order valence-electron chi connectivity index (χ0n) is 15.4. The van der Waals surface area contributed by atoms with Crippen molar-refractivity contribution in [3.63, 3.8) is 0 Å². The summed E-state index contributed by atoms with van der Waals surface area (Å²) in [5.74, 6) is 5.32. The van der Waals surface area contributed by atoms with E-state index >= 15 is 0 Å². The molecule has 0 unspecified atom stereocenters. The largest absolute Gasteiger partial charge is 0.478 e. The lowest BCUT2D eigenvalue weighted by Gasteiger charge is -2.12. The van der Waals surface area contributed by atoms with Crippen LogP contribution in [0.4, 0.5) is 0 Å². The number of hydrogen-bond acceptors (Lipinski definition) is 2. The zero-order chi connectivity index (χ0) is 19.2. The van der Waals surface area contributed by atoms with Gasteiger partial charge in [0, 0.05) is 23.2 Å². The lowest BCUT2D eigenvalue weighted by atomic mass is 9.93. The van der Waals surface area contributed by atoms with Crippen LogP contribution in [0.3, 0.4) is 0 Å². The van der Waals surface area contributed by atoms with Crippen LogP contribution in [0.2, 0.25) is 0 Å². The van der Waals surface area contributed by atoms with E-state index in [1.165, 1.54) is 5.56 Å². The maximum atomic E-state index is 11.8. The summed E-state index contributed by atoms with van der Waals surface area (Å²) in [4.78, 5) is 13.9. The highest BCUT2D eigenvalue weighted by atomic mass is 16.4. The highest BCUT2D eigenvalue weighted by molar-refractivity contribution is 5.97. The lowest BCUT2D eigenvalue weighted by molar-refractivity contribution is 0.0697. The molecule has 0 aliphatic heterocycles. The first-order valence-corrected chi connectivity index (χ1v) is 8.72. The predicted octanol–water partition coefficient (Wildman–Crippen LogP) is 4.51. The number of carboxylic acid groups (broad SMARTS) is 1. The smallest absolute Gasteiger partial charge is 0.336 e. The molecule has 0 spiro atoms. The van der Waals surface area contributed by atoms with Crippen molar-refractivity contribution in [2.45, 2.75) is 6.54 Å². The van der Waals surface area contributed by atoms with Crippen LogP contribution < -0.4 is 0 Å². The van der Waals surface area contributed by atoms with E-state index in [1.807, 2.05) is 74.8 Å². The summed E-state index contributed by atoms with van der Waals surface area (Å²) in [7, 11) is 4.04. The van der Waals surface area contributed by atoms with Crippen LogP contribution in [0.5, 0.6) is 0 Å². The Balaban J connectivity index is 2.07. The monoisotopic (exact) mass is 355 g/mol. The Morgan fingerprint density at radius 2 is 1.59 bits per heavy atom. The van der Waals surface area contributed by atoms with Gasteiger partial charge in [-0.15, -0.1) is 0 Å². The van der Waals surface area contributed by atoms with Crippen molar-refractivity contribution in [1.82, 2.24) is 4.90 Å². The third-order valence-electron chi connectivity index (χ3n) is 4.15. The summed E-state index contributed by atoms with van der Waals surface area (Å²) >= 11 is 0. The summed E-state index contributed by atoms with van der Waals surface area (Å²) in [5.41, 5.74) is 4.55. The normalized spacial score (nSPS) is 10.3. The Labute approximate surface area is 159 Å². The summed E-state index contributed by atoms with van der Waals surface area (Å²) in [6, 6.07) is 22.9. The van der Waals surface area contributed by atoms with Gasteiger partial charge in [-0.3, -0.25) is 0 Å². The summed E-state index contributed by atoms with van der Waals surface area (Å²) in [6.07, 6.45) is 0.